The van der Waals surface area contributed by atoms with E-state index in [1.54, 1.807) is 18.3 Å². The molecule has 0 saturated carbocycles. The van der Waals surface area contributed by atoms with Gasteiger partial charge < -0.3 is 15.2 Å². The number of pyridine rings is 1. The van der Waals surface area contributed by atoms with Crippen LogP contribution in [0.1, 0.15) is 25.0 Å². The van der Waals surface area contributed by atoms with Gasteiger partial charge in [-0.05, 0) is 25.5 Å². The topological polar surface area (TPSA) is 57.4 Å². The van der Waals surface area contributed by atoms with Crippen LogP contribution in [0, 0.1) is 0 Å². The molecule has 0 aliphatic carbocycles. The number of nitrogen functional groups attached to an aromatic ring is 1. The molecule has 0 radical (unpaired) electrons. The van der Waals surface area contributed by atoms with Crippen LogP contribution in [0.3, 0.4) is 0 Å². The molecule has 0 unspecified atom stereocenters. The first-order valence-corrected chi connectivity index (χ1v) is 6.68. The molecule has 4 heteroatoms. The van der Waals surface area contributed by atoms with E-state index in [0.29, 0.717) is 18.2 Å². The second kappa shape index (κ2) is 4.71. The lowest BCUT2D eigenvalue weighted by molar-refractivity contribution is 0.135. The minimum absolute atomic E-state index is 0.141. The Morgan fingerprint density at radius 2 is 2.15 bits per heavy atom. The van der Waals surface area contributed by atoms with Crippen LogP contribution in [-0.4, -0.2) is 10.6 Å². The Balaban J connectivity index is 1.76. The summed E-state index contributed by atoms with van der Waals surface area (Å²) in [6.45, 7) is 4.63. The molecule has 0 fully saturated rings. The van der Waals surface area contributed by atoms with Crippen LogP contribution in [0.4, 0.5) is 5.69 Å². The third-order valence-electron chi connectivity index (χ3n) is 3.31. The Hall–Kier alpha value is -2.23. The van der Waals surface area contributed by atoms with Gasteiger partial charge in [-0.15, -0.1) is 0 Å². The first-order chi connectivity index (χ1) is 9.53. The summed E-state index contributed by atoms with van der Waals surface area (Å²) in [6, 6.07) is 9.71. The molecule has 0 atom stereocenters. The third-order valence-corrected chi connectivity index (χ3v) is 3.31. The first kappa shape index (κ1) is 12.8. The zero-order valence-electron chi connectivity index (χ0n) is 11.7. The van der Waals surface area contributed by atoms with Crippen LogP contribution < -0.4 is 15.2 Å². The van der Waals surface area contributed by atoms with Crippen molar-refractivity contribution in [2.45, 2.75) is 32.5 Å². The maximum atomic E-state index is 6.01. The molecule has 0 amide bonds. The van der Waals surface area contributed by atoms with Gasteiger partial charge >= 0.3 is 0 Å². The summed E-state index contributed by atoms with van der Waals surface area (Å²) in [5, 5.41) is 0. The van der Waals surface area contributed by atoms with Crippen molar-refractivity contribution in [1.29, 1.82) is 0 Å². The van der Waals surface area contributed by atoms with Crippen molar-refractivity contribution in [3.8, 4) is 11.6 Å². The van der Waals surface area contributed by atoms with E-state index in [4.69, 9.17) is 15.2 Å². The van der Waals surface area contributed by atoms with Gasteiger partial charge in [0.05, 0.1) is 11.9 Å². The number of nitrogens with two attached hydrogens (primary N) is 1. The highest BCUT2D eigenvalue weighted by molar-refractivity contribution is 5.45. The fourth-order valence-corrected chi connectivity index (χ4v) is 2.42. The summed E-state index contributed by atoms with van der Waals surface area (Å²) in [5.74, 6) is 1.52. The number of hydrogen-bond donors (Lipinski definition) is 1. The van der Waals surface area contributed by atoms with E-state index < -0.39 is 0 Å². The van der Waals surface area contributed by atoms with Crippen molar-refractivity contribution >= 4 is 5.69 Å². The monoisotopic (exact) mass is 270 g/mol. The number of para-hydroxylation sites is 1. The summed E-state index contributed by atoms with van der Waals surface area (Å²) < 4.78 is 11.7. The highest BCUT2D eigenvalue weighted by atomic mass is 16.5. The summed E-state index contributed by atoms with van der Waals surface area (Å²) in [5.41, 5.74) is 8.37. The minimum atomic E-state index is -0.141. The van der Waals surface area contributed by atoms with Crippen molar-refractivity contribution in [1.82, 2.24) is 4.98 Å². The van der Waals surface area contributed by atoms with Gasteiger partial charge in [-0.1, -0.05) is 18.2 Å². The number of nitrogens with zero attached hydrogens (tertiary/aromatic N) is 1. The summed E-state index contributed by atoms with van der Waals surface area (Å²) in [4.78, 5) is 4.13. The molecule has 1 aliphatic rings. The minimum Gasteiger partial charge on any atom is -0.487 e. The van der Waals surface area contributed by atoms with Gasteiger partial charge in [0.1, 0.15) is 18.0 Å². The van der Waals surface area contributed by atoms with Gasteiger partial charge in [0.15, 0.2) is 0 Å². The maximum Gasteiger partial charge on any atom is 0.213 e. The Morgan fingerprint density at radius 3 is 2.90 bits per heavy atom. The van der Waals surface area contributed by atoms with Crippen molar-refractivity contribution in [3.63, 3.8) is 0 Å². The van der Waals surface area contributed by atoms with Crippen molar-refractivity contribution in [3.05, 3.63) is 47.7 Å². The van der Waals surface area contributed by atoms with Gasteiger partial charge in [-0.2, -0.15) is 0 Å². The smallest absolute Gasteiger partial charge is 0.213 e. The lowest BCUT2D eigenvalue weighted by Gasteiger charge is -2.18. The Labute approximate surface area is 118 Å². The molecule has 1 aromatic heterocycles. The van der Waals surface area contributed by atoms with Crippen LogP contribution in [0.5, 0.6) is 11.6 Å². The van der Waals surface area contributed by atoms with Crippen LogP contribution in [0.25, 0.3) is 0 Å². The maximum absolute atomic E-state index is 6.01. The van der Waals surface area contributed by atoms with Crippen LogP contribution in [0.2, 0.25) is 0 Å². The number of ether oxygens (including phenoxy) is 2. The fourth-order valence-electron chi connectivity index (χ4n) is 2.42. The van der Waals surface area contributed by atoms with Crippen LogP contribution in [-0.2, 0) is 13.0 Å². The number of aromatic nitrogens is 1. The molecule has 0 saturated heterocycles. The number of anilines is 1. The molecule has 0 bridgehead atoms. The number of rotatable bonds is 3. The molecule has 104 valence electrons. The van der Waals surface area contributed by atoms with Gasteiger partial charge in [-0.3, -0.25) is 0 Å². The quantitative estimate of drug-likeness (QED) is 0.931. The van der Waals surface area contributed by atoms with Gasteiger partial charge in [-0.25, -0.2) is 4.98 Å². The van der Waals surface area contributed by atoms with Crippen molar-refractivity contribution in [2.75, 3.05) is 5.73 Å². The van der Waals surface area contributed by atoms with E-state index in [1.807, 2.05) is 12.1 Å². The highest BCUT2D eigenvalue weighted by Crippen LogP contribution is 2.37. The first-order valence-electron chi connectivity index (χ1n) is 6.68. The summed E-state index contributed by atoms with van der Waals surface area (Å²) >= 11 is 0. The molecule has 3 rings (SSSR count). The second-order valence-electron chi connectivity index (χ2n) is 5.66. The lowest BCUT2D eigenvalue weighted by atomic mass is 10.0. The van der Waals surface area contributed by atoms with E-state index in [0.717, 1.165) is 17.7 Å². The SMILES string of the molecule is CC1(C)Cc2cccc(COc3ccc(N)cn3)c2O1. The molecule has 2 N–H and O–H groups in total. The third kappa shape index (κ3) is 2.54. The predicted molar refractivity (Wildman–Crippen MR) is 77.8 cm³/mol. The highest BCUT2D eigenvalue weighted by Gasteiger charge is 2.31. The molecule has 20 heavy (non-hydrogen) atoms. The average molecular weight is 270 g/mol. The van der Waals surface area contributed by atoms with Crippen molar-refractivity contribution in [2.24, 2.45) is 0 Å². The van der Waals surface area contributed by atoms with E-state index in [9.17, 15) is 0 Å². The second-order valence-corrected chi connectivity index (χ2v) is 5.66. The number of fused-ring (bicyclic) bond motifs is 1. The van der Waals surface area contributed by atoms with Crippen LogP contribution in [0.15, 0.2) is 36.5 Å². The van der Waals surface area contributed by atoms with Crippen molar-refractivity contribution < 1.29 is 9.47 Å². The zero-order valence-corrected chi connectivity index (χ0v) is 11.7. The Kier molecular flexibility index (Phi) is 3.01. The summed E-state index contributed by atoms with van der Waals surface area (Å²) in [7, 11) is 0. The van der Waals surface area contributed by atoms with Gasteiger partial charge in [0.2, 0.25) is 5.88 Å². The molecule has 1 aromatic carbocycles. The molecule has 2 aromatic rings. The normalized spacial score (nSPS) is 15.5. The molecule has 0 spiro atoms. The molecule has 4 nitrogen and oxygen atoms in total. The van der Waals surface area contributed by atoms with E-state index in [2.05, 4.69) is 24.9 Å². The summed E-state index contributed by atoms with van der Waals surface area (Å²) in [6.07, 6.45) is 2.51. The van der Waals surface area contributed by atoms with Gasteiger partial charge in [0.25, 0.3) is 0 Å². The Morgan fingerprint density at radius 1 is 1.30 bits per heavy atom. The number of hydrogen-bond acceptors (Lipinski definition) is 4. The lowest BCUT2D eigenvalue weighted by Crippen LogP contribution is -2.25. The molecule has 1 aliphatic heterocycles. The largest absolute Gasteiger partial charge is 0.487 e. The van der Waals surface area contributed by atoms with E-state index in [1.165, 1.54) is 5.56 Å². The average Bonchev–Trinajstić information content (AvgIpc) is 2.72. The van der Waals surface area contributed by atoms with E-state index >= 15 is 0 Å². The van der Waals surface area contributed by atoms with Crippen LogP contribution >= 0.6 is 0 Å². The fraction of sp³-hybridized carbons (Fsp3) is 0.312. The van der Waals surface area contributed by atoms with E-state index in [-0.39, 0.29) is 5.60 Å². The Bertz CT molecular complexity index is 621. The van der Waals surface area contributed by atoms with Gasteiger partial charge in [0, 0.05) is 18.1 Å². The zero-order chi connectivity index (χ0) is 14.2. The number of benzene rings is 1. The predicted octanol–water partition coefficient (Wildman–Crippen LogP) is 2.96. The standard InChI is InChI=1S/C16H18N2O2/c1-16(2)8-11-4-3-5-12(15(11)20-16)10-19-14-7-6-13(17)9-18-14/h3-7,9H,8,10,17H2,1-2H3. The molecular formula is C16H18N2O2. The molecule has 2 heterocycles. The molecular weight excluding hydrogens is 252 g/mol.